The fourth-order valence-electron chi connectivity index (χ4n) is 1.37. The van der Waals surface area contributed by atoms with Crippen molar-refractivity contribution in [2.45, 2.75) is 0 Å². The normalized spacial score (nSPS) is 10.1. The van der Waals surface area contributed by atoms with Gasteiger partial charge in [0.15, 0.2) is 0 Å². The van der Waals surface area contributed by atoms with Crippen molar-refractivity contribution < 1.29 is 9.53 Å². The van der Waals surface area contributed by atoms with Crippen LogP contribution in [0.4, 0.5) is 5.95 Å². The molecule has 94 valence electrons. The van der Waals surface area contributed by atoms with E-state index in [0.29, 0.717) is 29.2 Å². The average Bonchev–Trinajstić information content (AvgIpc) is 2.89. The number of carbonyl (C=O) groups excluding carboxylic acids is 1. The first-order valence-corrected chi connectivity index (χ1v) is 6.38. The molecule has 0 atom stereocenters. The molecule has 2 N–H and O–H groups in total. The zero-order valence-corrected chi connectivity index (χ0v) is 11.0. The number of benzene rings is 1. The molecule has 0 bridgehead atoms. The van der Waals surface area contributed by atoms with E-state index < -0.39 is 0 Å². The van der Waals surface area contributed by atoms with Crippen molar-refractivity contribution >= 4 is 27.8 Å². The number of nitrogens with zero attached hydrogens (tertiary/aromatic N) is 2. The van der Waals surface area contributed by atoms with Gasteiger partial charge in [0.25, 0.3) is 5.91 Å². The number of amides is 1. The molecule has 0 unspecified atom stereocenters. The highest BCUT2D eigenvalue weighted by Gasteiger charge is 2.13. The molecule has 1 heterocycles. The Hall–Kier alpha value is -1.89. The lowest BCUT2D eigenvalue weighted by Gasteiger charge is -2.09. The lowest BCUT2D eigenvalue weighted by atomic mass is 10.2. The van der Waals surface area contributed by atoms with E-state index in [-0.39, 0.29) is 5.91 Å². The predicted molar refractivity (Wildman–Crippen MR) is 70.1 cm³/mol. The van der Waals surface area contributed by atoms with E-state index in [0.717, 1.165) is 0 Å². The zero-order valence-electron chi connectivity index (χ0n) is 9.39. The van der Waals surface area contributed by atoms with Crippen LogP contribution < -0.4 is 10.1 Å². The SMILES string of the molecule is O=C(Nc1ncn[nH]1)c1ccccc1OCCBr. The summed E-state index contributed by atoms with van der Waals surface area (Å²) in [6, 6.07) is 7.03. The Bertz CT molecular complexity index is 516. The maximum Gasteiger partial charge on any atom is 0.261 e. The number of aromatic amines is 1. The Morgan fingerprint density at radius 1 is 1.44 bits per heavy atom. The van der Waals surface area contributed by atoms with Crippen LogP contribution in [0.25, 0.3) is 0 Å². The van der Waals surface area contributed by atoms with Crippen LogP contribution in [0.2, 0.25) is 0 Å². The molecular formula is C11H11BrN4O2. The van der Waals surface area contributed by atoms with Gasteiger partial charge < -0.3 is 4.74 Å². The van der Waals surface area contributed by atoms with Gasteiger partial charge in [0, 0.05) is 5.33 Å². The minimum absolute atomic E-state index is 0.295. The number of hydrogen-bond donors (Lipinski definition) is 2. The lowest BCUT2D eigenvalue weighted by Crippen LogP contribution is -2.15. The van der Waals surface area contributed by atoms with E-state index in [4.69, 9.17) is 4.74 Å². The minimum Gasteiger partial charge on any atom is -0.492 e. The van der Waals surface area contributed by atoms with E-state index >= 15 is 0 Å². The van der Waals surface area contributed by atoms with E-state index in [9.17, 15) is 4.79 Å². The zero-order chi connectivity index (χ0) is 12.8. The topological polar surface area (TPSA) is 79.9 Å². The molecule has 2 rings (SSSR count). The van der Waals surface area contributed by atoms with Gasteiger partial charge in [-0.1, -0.05) is 28.1 Å². The lowest BCUT2D eigenvalue weighted by molar-refractivity contribution is 0.102. The number of carbonyl (C=O) groups is 1. The monoisotopic (exact) mass is 310 g/mol. The molecule has 0 aliphatic heterocycles. The molecule has 0 aliphatic rings. The second-order valence-electron chi connectivity index (χ2n) is 3.32. The number of halogens is 1. The van der Waals surface area contributed by atoms with E-state index in [1.54, 1.807) is 18.2 Å². The largest absolute Gasteiger partial charge is 0.492 e. The van der Waals surface area contributed by atoms with Crippen LogP contribution in [-0.4, -0.2) is 33.0 Å². The standard InChI is InChI=1S/C11H11BrN4O2/c12-5-6-18-9-4-2-1-3-8(9)10(17)15-11-13-7-14-16-11/h1-4,7H,5-6H2,(H2,13,14,15,16,17). The fourth-order valence-corrected chi connectivity index (χ4v) is 1.53. The van der Waals surface area contributed by atoms with Gasteiger partial charge in [0.05, 0.1) is 12.2 Å². The summed E-state index contributed by atoms with van der Waals surface area (Å²) in [5, 5.41) is 9.51. The third-order valence-corrected chi connectivity index (χ3v) is 2.44. The van der Waals surface area contributed by atoms with E-state index in [1.807, 2.05) is 6.07 Å². The third kappa shape index (κ3) is 3.07. The van der Waals surface area contributed by atoms with Gasteiger partial charge in [-0.25, -0.2) is 5.10 Å². The first-order valence-electron chi connectivity index (χ1n) is 5.26. The van der Waals surface area contributed by atoms with Gasteiger partial charge in [-0.05, 0) is 12.1 Å². The molecule has 1 amide bonds. The van der Waals surface area contributed by atoms with Gasteiger partial charge in [-0.2, -0.15) is 10.1 Å². The molecule has 0 aliphatic carbocycles. The number of ether oxygens (including phenoxy) is 1. The van der Waals surface area contributed by atoms with Crippen molar-refractivity contribution in [1.82, 2.24) is 15.2 Å². The minimum atomic E-state index is -0.295. The Balaban J connectivity index is 2.13. The molecule has 0 saturated carbocycles. The highest BCUT2D eigenvalue weighted by molar-refractivity contribution is 9.09. The number of alkyl halides is 1. The number of nitrogens with one attached hydrogen (secondary N) is 2. The third-order valence-electron chi connectivity index (χ3n) is 2.11. The van der Waals surface area contributed by atoms with Crippen molar-refractivity contribution in [3.63, 3.8) is 0 Å². The van der Waals surface area contributed by atoms with E-state index in [1.165, 1.54) is 6.33 Å². The first kappa shape index (κ1) is 12.6. The van der Waals surface area contributed by atoms with Crippen LogP contribution in [0.3, 0.4) is 0 Å². The number of para-hydroxylation sites is 1. The molecule has 1 aromatic carbocycles. The van der Waals surface area contributed by atoms with Gasteiger partial charge in [-0.15, -0.1) is 0 Å². The van der Waals surface area contributed by atoms with Crippen molar-refractivity contribution in [2.24, 2.45) is 0 Å². The van der Waals surface area contributed by atoms with Crippen LogP contribution >= 0.6 is 15.9 Å². The molecule has 0 radical (unpaired) electrons. The fraction of sp³-hybridized carbons (Fsp3) is 0.182. The van der Waals surface area contributed by atoms with Gasteiger partial charge >= 0.3 is 0 Å². The molecule has 0 spiro atoms. The molecule has 0 saturated heterocycles. The Morgan fingerprint density at radius 3 is 3.00 bits per heavy atom. The molecule has 6 nitrogen and oxygen atoms in total. The molecule has 2 aromatic rings. The van der Waals surface area contributed by atoms with Crippen LogP contribution in [0, 0.1) is 0 Å². The summed E-state index contributed by atoms with van der Waals surface area (Å²) in [5.74, 6) is 0.543. The quantitative estimate of drug-likeness (QED) is 0.826. The number of aromatic nitrogens is 3. The second-order valence-corrected chi connectivity index (χ2v) is 4.11. The molecule has 7 heteroatoms. The maximum atomic E-state index is 12.0. The number of H-pyrrole nitrogens is 1. The van der Waals surface area contributed by atoms with Crippen molar-refractivity contribution in [3.05, 3.63) is 36.2 Å². The summed E-state index contributed by atoms with van der Waals surface area (Å²) in [4.78, 5) is 15.8. The summed E-state index contributed by atoms with van der Waals surface area (Å²) in [7, 11) is 0. The highest BCUT2D eigenvalue weighted by Crippen LogP contribution is 2.18. The molecular weight excluding hydrogens is 300 g/mol. The molecule has 1 aromatic heterocycles. The summed E-state index contributed by atoms with van der Waals surface area (Å²) < 4.78 is 5.47. The van der Waals surface area contributed by atoms with Crippen molar-refractivity contribution in [1.29, 1.82) is 0 Å². The first-order chi connectivity index (χ1) is 8.81. The summed E-state index contributed by atoms with van der Waals surface area (Å²) in [6.45, 7) is 0.493. The Morgan fingerprint density at radius 2 is 2.28 bits per heavy atom. The average molecular weight is 311 g/mol. The second kappa shape index (κ2) is 6.15. The van der Waals surface area contributed by atoms with Crippen LogP contribution in [0.5, 0.6) is 5.75 Å². The summed E-state index contributed by atoms with van der Waals surface area (Å²) in [6.07, 6.45) is 1.32. The summed E-state index contributed by atoms with van der Waals surface area (Å²) >= 11 is 3.27. The smallest absolute Gasteiger partial charge is 0.261 e. The molecule has 0 fully saturated rings. The highest BCUT2D eigenvalue weighted by atomic mass is 79.9. The number of anilines is 1. The van der Waals surface area contributed by atoms with Crippen LogP contribution in [-0.2, 0) is 0 Å². The molecule has 18 heavy (non-hydrogen) atoms. The number of rotatable bonds is 5. The van der Waals surface area contributed by atoms with Gasteiger partial charge in [0.2, 0.25) is 5.95 Å². The van der Waals surface area contributed by atoms with Crippen molar-refractivity contribution in [2.75, 3.05) is 17.3 Å². The predicted octanol–water partition coefficient (Wildman–Crippen LogP) is 1.83. The Labute approximate surface area is 112 Å². The van der Waals surface area contributed by atoms with Crippen molar-refractivity contribution in [3.8, 4) is 5.75 Å². The van der Waals surface area contributed by atoms with Gasteiger partial charge in [0.1, 0.15) is 12.1 Å². The van der Waals surface area contributed by atoms with Crippen LogP contribution in [0.15, 0.2) is 30.6 Å². The number of hydrogen-bond acceptors (Lipinski definition) is 4. The summed E-state index contributed by atoms with van der Waals surface area (Å²) in [5.41, 5.74) is 0.454. The van der Waals surface area contributed by atoms with E-state index in [2.05, 4.69) is 36.4 Å². The Kier molecular flexibility index (Phi) is 4.30. The maximum absolute atomic E-state index is 12.0. The van der Waals surface area contributed by atoms with Gasteiger partial charge in [-0.3, -0.25) is 10.1 Å². The van der Waals surface area contributed by atoms with Crippen LogP contribution in [0.1, 0.15) is 10.4 Å².